The van der Waals surface area contributed by atoms with Gasteiger partial charge in [0.25, 0.3) is 0 Å². The highest BCUT2D eigenvalue weighted by Gasteiger charge is 2.45. The van der Waals surface area contributed by atoms with Crippen molar-refractivity contribution in [3.8, 4) is 11.1 Å². The normalized spacial score (nSPS) is 17.4. The molecule has 0 saturated heterocycles. The SMILES string of the molecule is C.Cc1ccc([S+](c2ccc(C)cc2)c2ccc3c(c2)C2(CCCCC2)c2cc(C(=O)CC4CCCCC4)ccc2-3)cc1. The van der Waals surface area contributed by atoms with Crippen LogP contribution in [0.15, 0.2) is 99.6 Å². The molecule has 0 radical (unpaired) electrons. The second kappa shape index (κ2) is 12.5. The zero-order valence-electron chi connectivity index (χ0n) is 25.3. The summed E-state index contributed by atoms with van der Waals surface area (Å²) in [7, 11) is -0.180. The van der Waals surface area contributed by atoms with Gasteiger partial charge in [0.2, 0.25) is 0 Å². The molecule has 43 heavy (non-hydrogen) atoms. The number of carbonyl (C=O) groups is 1. The molecule has 0 aliphatic heterocycles. The van der Waals surface area contributed by atoms with E-state index in [9.17, 15) is 4.79 Å². The fourth-order valence-corrected chi connectivity index (χ4v) is 10.1. The number of benzene rings is 4. The van der Waals surface area contributed by atoms with E-state index in [1.54, 1.807) is 0 Å². The van der Waals surface area contributed by atoms with Crippen LogP contribution in [0, 0.1) is 19.8 Å². The average Bonchev–Trinajstić information content (AvgIpc) is 3.28. The molecule has 1 spiro atoms. The lowest BCUT2D eigenvalue weighted by Crippen LogP contribution is -2.28. The minimum atomic E-state index is -0.180. The highest BCUT2D eigenvalue weighted by atomic mass is 32.2. The lowest BCUT2D eigenvalue weighted by Gasteiger charge is -2.36. The Morgan fingerprint density at radius 2 is 1.16 bits per heavy atom. The molecule has 2 heteroatoms. The van der Waals surface area contributed by atoms with Gasteiger partial charge in [-0.25, -0.2) is 0 Å². The van der Waals surface area contributed by atoms with Crippen molar-refractivity contribution >= 4 is 16.7 Å². The number of hydrogen-bond acceptors (Lipinski definition) is 1. The van der Waals surface area contributed by atoms with Crippen LogP contribution >= 0.6 is 0 Å². The zero-order valence-corrected chi connectivity index (χ0v) is 26.1. The molecule has 0 atom stereocenters. The van der Waals surface area contributed by atoms with Crippen LogP contribution in [0.2, 0.25) is 0 Å². The number of rotatable bonds is 6. The van der Waals surface area contributed by atoms with E-state index in [-0.39, 0.29) is 23.7 Å². The Balaban J connectivity index is 0.00000329. The Kier molecular flexibility index (Phi) is 8.70. The van der Waals surface area contributed by atoms with Gasteiger partial charge >= 0.3 is 0 Å². The molecule has 2 saturated carbocycles. The second-order valence-corrected chi connectivity index (χ2v) is 15.2. The Morgan fingerprint density at radius 1 is 0.651 bits per heavy atom. The van der Waals surface area contributed by atoms with Gasteiger partial charge in [0.15, 0.2) is 20.5 Å². The van der Waals surface area contributed by atoms with Gasteiger partial charge in [-0.05, 0) is 103 Å². The van der Waals surface area contributed by atoms with Crippen molar-refractivity contribution in [2.24, 2.45) is 5.92 Å². The van der Waals surface area contributed by atoms with Crippen molar-refractivity contribution in [1.82, 2.24) is 0 Å². The fourth-order valence-electron chi connectivity index (χ4n) is 8.00. The predicted molar refractivity (Wildman–Crippen MR) is 183 cm³/mol. The van der Waals surface area contributed by atoms with E-state index in [0.717, 1.165) is 12.0 Å². The minimum Gasteiger partial charge on any atom is -0.294 e. The summed E-state index contributed by atoms with van der Waals surface area (Å²) >= 11 is 0. The maximum Gasteiger partial charge on any atom is 0.166 e. The third-order valence-electron chi connectivity index (χ3n) is 10.3. The van der Waals surface area contributed by atoms with Crippen molar-refractivity contribution in [2.45, 2.75) is 112 Å². The van der Waals surface area contributed by atoms with Crippen molar-refractivity contribution in [3.63, 3.8) is 0 Å². The van der Waals surface area contributed by atoms with Gasteiger partial charge in [0, 0.05) is 17.4 Å². The van der Waals surface area contributed by atoms with E-state index in [4.69, 9.17) is 0 Å². The fraction of sp³-hybridized carbons (Fsp3) is 0.390. The van der Waals surface area contributed by atoms with E-state index < -0.39 is 0 Å². The first-order chi connectivity index (χ1) is 20.5. The second-order valence-electron chi connectivity index (χ2n) is 13.2. The standard InChI is InChI=1S/C40H43OS.CH4/c1-28-11-16-32(17-12-28)42(33-18-13-29(2)14-19-33)34-20-22-36-35-21-15-31(39(41)25-30-9-5-3-6-10-30)26-37(35)40(38(36)27-34)23-7-4-8-24-40;/h11-22,26-27,30H,3-10,23-25H2,1-2H3;1H4/q+1;. The number of carbonyl (C=O) groups excluding carboxylic acids is 1. The maximum atomic E-state index is 13.6. The van der Waals surface area contributed by atoms with Gasteiger partial charge in [-0.1, -0.05) is 106 Å². The summed E-state index contributed by atoms with van der Waals surface area (Å²) in [5.41, 5.74) is 9.23. The van der Waals surface area contributed by atoms with Crippen LogP contribution in [0.5, 0.6) is 0 Å². The summed E-state index contributed by atoms with van der Waals surface area (Å²) in [6, 6.07) is 32.4. The summed E-state index contributed by atoms with van der Waals surface area (Å²) in [6.07, 6.45) is 13.3. The Labute approximate surface area is 262 Å². The van der Waals surface area contributed by atoms with E-state index >= 15 is 0 Å². The largest absolute Gasteiger partial charge is 0.294 e. The Hall–Kier alpha value is -3.10. The average molecular weight is 588 g/mol. The molecule has 1 nitrogen and oxygen atoms in total. The molecule has 222 valence electrons. The molecular weight excluding hydrogens is 541 g/mol. The van der Waals surface area contributed by atoms with Gasteiger partial charge in [-0.2, -0.15) is 0 Å². The third-order valence-corrected chi connectivity index (χ3v) is 12.5. The van der Waals surface area contributed by atoms with Crippen LogP contribution in [0.3, 0.4) is 0 Å². The maximum absolute atomic E-state index is 13.6. The number of aryl methyl sites for hydroxylation is 2. The number of Topliss-reactive ketones (excluding diaryl/α,β-unsaturated/α-hetero) is 1. The minimum absolute atomic E-state index is 0. The van der Waals surface area contributed by atoms with Crippen LogP contribution in [0.1, 0.15) is 111 Å². The number of ketones is 1. The molecule has 0 amide bonds. The first-order valence-electron chi connectivity index (χ1n) is 16.2. The van der Waals surface area contributed by atoms with Crippen LogP contribution in [-0.4, -0.2) is 5.78 Å². The molecule has 4 aromatic rings. The van der Waals surface area contributed by atoms with Crippen molar-refractivity contribution in [2.75, 3.05) is 0 Å². The zero-order chi connectivity index (χ0) is 28.7. The van der Waals surface area contributed by atoms with Gasteiger partial charge in [-0.15, -0.1) is 0 Å². The predicted octanol–water partition coefficient (Wildman–Crippen LogP) is 11.4. The molecule has 0 unspecified atom stereocenters. The van der Waals surface area contributed by atoms with Crippen LogP contribution in [0.25, 0.3) is 11.1 Å². The van der Waals surface area contributed by atoms with Gasteiger partial charge in [0.1, 0.15) is 0 Å². The summed E-state index contributed by atoms with van der Waals surface area (Å²) in [5.74, 6) is 0.928. The molecule has 0 heterocycles. The first-order valence-corrected chi connectivity index (χ1v) is 17.4. The third kappa shape index (κ3) is 5.64. The molecule has 0 aromatic heterocycles. The number of fused-ring (bicyclic) bond motifs is 5. The summed E-state index contributed by atoms with van der Waals surface area (Å²) in [5, 5.41) is 0. The molecule has 4 aromatic carbocycles. The molecule has 3 aliphatic rings. The van der Waals surface area contributed by atoms with Gasteiger partial charge in [-0.3, -0.25) is 4.79 Å². The van der Waals surface area contributed by atoms with Gasteiger partial charge < -0.3 is 0 Å². The molecule has 2 fully saturated rings. The van der Waals surface area contributed by atoms with Crippen molar-refractivity contribution in [1.29, 1.82) is 0 Å². The number of hydrogen-bond donors (Lipinski definition) is 0. The van der Waals surface area contributed by atoms with Crippen molar-refractivity contribution in [3.05, 3.63) is 113 Å². The van der Waals surface area contributed by atoms with E-state index in [0.29, 0.717) is 11.7 Å². The Bertz CT molecular complexity index is 1540. The first kappa shape index (κ1) is 29.9. The summed E-state index contributed by atoms with van der Waals surface area (Å²) < 4.78 is 0. The molecule has 7 rings (SSSR count). The van der Waals surface area contributed by atoms with E-state index in [1.165, 1.54) is 112 Å². The van der Waals surface area contributed by atoms with E-state index in [1.807, 2.05) is 0 Å². The molecular formula is C41H47OS+. The van der Waals surface area contributed by atoms with E-state index in [2.05, 4.69) is 98.8 Å². The molecule has 0 bridgehead atoms. The quantitative estimate of drug-likeness (QED) is 0.162. The van der Waals surface area contributed by atoms with Crippen LogP contribution < -0.4 is 0 Å². The van der Waals surface area contributed by atoms with Gasteiger partial charge in [0.05, 0.1) is 10.9 Å². The molecule has 0 N–H and O–H groups in total. The monoisotopic (exact) mass is 587 g/mol. The highest BCUT2D eigenvalue weighted by molar-refractivity contribution is 7.97. The molecule has 3 aliphatic carbocycles. The van der Waals surface area contributed by atoms with Crippen LogP contribution in [-0.2, 0) is 16.3 Å². The summed E-state index contributed by atoms with van der Waals surface area (Å²) in [4.78, 5) is 17.7. The van der Waals surface area contributed by atoms with Crippen molar-refractivity contribution < 1.29 is 4.79 Å². The Morgan fingerprint density at radius 3 is 1.77 bits per heavy atom. The lowest BCUT2D eigenvalue weighted by molar-refractivity contribution is 0.0950. The lowest BCUT2D eigenvalue weighted by atomic mass is 9.67. The topological polar surface area (TPSA) is 17.1 Å². The smallest absolute Gasteiger partial charge is 0.166 e. The summed E-state index contributed by atoms with van der Waals surface area (Å²) in [6.45, 7) is 4.34. The highest BCUT2D eigenvalue weighted by Crippen LogP contribution is 2.56. The van der Waals surface area contributed by atoms with Crippen LogP contribution in [0.4, 0.5) is 0 Å².